The molecule has 110 valence electrons. The molecule has 0 radical (unpaired) electrons. The van der Waals surface area contributed by atoms with Gasteiger partial charge in [0.2, 0.25) is 10.0 Å². The summed E-state index contributed by atoms with van der Waals surface area (Å²) in [7, 11) is -3.81. The molecule has 1 heterocycles. The lowest BCUT2D eigenvalue weighted by atomic mass is 10.00. The summed E-state index contributed by atoms with van der Waals surface area (Å²) >= 11 is 0. The zero-order valence-corrected chi connectivity index (χ0v) is 12.1. The highest BCUT2D eigenvalue weighted by molar-refractivity contribution is 7.89. The van der Waals surface area contributed by atoms with Gasteiger partial charge in [-0.3, -0.25) is 0 Å². The van der Waals surface area contributed by atoms with Gasteiger partial charge in [0.1, 0.15) is 10.7 Å². The minimum atomic E-state index is -3.81. The van der Waals surface area contributed by atoms with E-state index in [2.05, 4.69) is 0 Å². The van der Waals surface area contributed by atoms with Gasteiger partial charge in [-0.05, 0) is 43.4 Å². The summed E-state index contributed by atoms with van der Waals surface area (Å²) in [6, 6.07) is 4.11. The first-order valence-corrected chi connectivity index (χ1v) is 8.28. The van der Waals surface area contributed by atoms with Gasteiger partial charge in [-0.25, -0.2) is 12.8 Å². The smallest absolute Gasteiger partial charge is 0.246 e. The van der Waals surface area contributed by atoms with E-state index < -0.39 is 21.9 Å². The minimum absolute atomic E-state index is 0.00218. The molecular weight excluding hydrogens is 281 g/mol. The third kappa shape index (κ3) is 2.16. The lowest BCUT2D eigenvalue weighted by molar-refractivity contribution is 0.129. The summed E-state index contributed by atoms with van der Waals surface area (Å²) in [6.07, 6.45) is 1.15. The van der Waals surface area contributed by atoms with Crippen LogP contribution >= 0.6 is 0 Å². The highest BCUT2D eigenvalue weighted by atomic mass is 32.2. The van der Waals surface area contributed by atoms with E-state index in [-0.39, 0.29) is 16.7 Å². The summed E-state index contributed by atoms with van der Waals surface area (Å²) in [5.41, 5.74) is 0.712. The number of rotatable bonds is 2. The van der Waals surface area contributed by atoms with Crippen molar-refractivity contribution in [2.45, 2.75) is 30.8 Å². The molecule has 0 spiro atoms. The fourth-order valence-corrected chi connectivity index (χ4v) is 5.02. The standard InChI is InChI=1S/C14H18FNO3S/c1-9-2-4-12(15)14(6-9)20(18,19)16-7-10-3-5-13(17)11(10)8-16/h2,4,6,10-11,13,17H,3,5,7-8H2,1H3. The highest BCUT2D eigenvalue weighted by Gasteiger charge is 2.46. The molecule has 1 N–H and O–H groups in total. The summed E-state index contributed by atoms with van der Waals surface area (Å²) in [5.74, 6) is -0.515. The lowest BCUT2D eigenvalue weighted by Gasteiger charge is -2.19. The van der Waals surface area contributed by atoms with Crippen LogP contribution in [-0.4, -0.2) is 37.0 Å². The van der Waals surface area contributed by atoms with Crippen molar-refractivity contribution in [2.24, 2.45) is 11.8 Å². The van der Waals surface area contributed by atoms with Crippen LogP contribution in [0.2, 0.25) is 0 Å². The van der Waals surface area contributed by atoms with Crippen molar-refractivity contribution in [2.75, 3.05) is 13.1 Å². The summed E-state index contributed by atoms with van der Waals surface area (Å²) < 4.78 is 40.3. The summed E-state index contributed by atoms with van der Waals surface area (Å²) in [6.45, 7) is 2.42. The third-order valence-corrected chi connectivity index (χ3v) is 6.34. The summed E-state index contributed by atoms with van der Waals surface area (Å²) in [4.78, 5) is -0.257. The predicted octanol–water partition coefficient (Wildman–Crippen LogP) is 1.53. The predicted molar refractivity (Wildman–Crippen MR) is 72.1 cm³/mol. The van der Waals surface area contributed by atoms with E-state index in [0.29, 0.717) is 18.7 Å². The Bertz CT molecular complexity index is 631. The molecule has 1 aromatic rings. The third-order valence-electron chi connectivity index (χ3n) is 4.49. The SMILES string of the molecule is Cc1ccc(F)c(S(=O)(=O)N2CC3CCC(O)C3C2)c1. The van der Waals surface area contributed by atoms with Crippen LogP contribution in [-0.2, 0) is 10.0 Å². The normalized spacial score (nSPS) is 30.6. The van der Waals surface area contributed by atoms with Gasteiger partial charge in [0.25, 0.3) is 0 Å². The maximum Gasteiger partial charge on any atom is 0.246 e. The van der Waals surface area contributed by atoms with Gasteiger partial charge in [-0.1, -0.05) is 6.07 Å². The van der Waals surface area contributed by atoms with Crippen LogP contribution in [0.15, 0.2) is 23.1 Å². The van der Waals surface area contributed by atoms with E-state index in [1.807, 2.05) is 0 Å². The molecule has 1 aromatic carbocycles. The molecular formula is C14H18FNO3S. The zero-order valence-electron chi connectivity index (χ0n) is 11.3. The molecule has 0 bridgehead atoms. The average Bonchev–Trinajstić information content (AvgIpc) is 2.95. The van der Waals surface area contributed by atoms with Crippen LogP contribution in [0.5, 0.6) is 0 Å². The number of hydrogen-bond acceptors (Lipinski definition) is 3. The molecule has 4 nitrogen and oxygen atoms in total. The maximum absolute atomic E-state index is 13.8. The number of aliphatic hydroxyl groups excluding tert-OH is 1. The molecule has 1 saturated heterocycles. The number of aliphatic hydroxyl groups is 1. The molecule has 0 aromatic heterocycles. The lowest BCUT2D eigenvalue weighted by Crippen LogP contribution is -2.31. The van der Waals surface area contributed by atoms with E-state index >= 15 is 0 Å². The topological polar surface area (TPSA) is 57.6 Å². The van der Waals surface area contributed by atoms with Gasteiger partial charge in [-0.2, -0.15) is 4.31 Å². The quantitative estimate of drug-likeness (QED) is 0.901. The van der Waals surface area contributed by atoms with Crippen molar-refractivity contribution >= 4 is 10.0 Å². The van der Waals surface area contributed by atoms with Crippen molar-refractivity contribution < 1.29 is 17.9 Å². The molecule has 1 aliphatic carbocycles. The van der Waals surface area contributed by atoms with Crippen LogP contribution in [0.25, 0.3) is 0 Å². The van der Waals surface area contributed by atoms with Crippen molar-refractivity contribution in [3.8, 4) is 0 Å². The van der Waals surface area contributed by atoms with E-state index in [1.54, 1.807) is 13.0 Å². The fraction of sp³-hybridized carbons (Fsp3) is 0.571. The Kier molecular flexibility index (Phi) is 3.35. The number of sulfonamides is 1. The van der Waals surface area contributed by atoms with E-state index in [4.69, 9.17) is 0 Å². The highest BCUT2D eigenvalue weighted by Crippen LogP contribution is 2.40. The zero-order chi connectivity index (χ0) is 14.5. The van der Waals surface area contributed by atoms with E-state index in [9.17, 15) is 17.9 Å². The second-order valence-electron chi connectivity index (χ2n) is 5.82. The Balaban J connectivity index is 1.92. The van der Waals surface area contributed by atoms with Crippen molar-refractivity contribution in [3.63, 3.8) is 0 Å². The largest absolute Gasteiger partial charge is 0.393 e. The van der Waals surface area contributed by atoms with Gasteiger partial charge in [-0.15, -0.1) is 0 Å². The Morgan fingerprint density at radius 1 is 1.30 bits per heavy atom. The second kappa shape index (κ2) is 4.79. The molecule has 0 amide bonds. The number of hydrogen-bond donors (Lipinski definition) is 1. The molecule has 6 heteroatoms. The Morgan fingerprint density at radius 2 is 2.05 bits per heavy atom. The van der Waals surface area contributed by atoms with Crippen LogP contribution in [0.1, 0.15) is 18.4 Å². The molecule has 1 saturated carbocycles. The van der Waals surface area contributed by atoms with Gasteiger partial charge in [0.15, 0.2) is 0 Å². The van der Waals surface area contributed by atoms with Gasteiger partial charge < -0.3 is 5.11 Å². The maximum atomic E-state index is 13.8. The molecule has 2 fully saturated rings. The summed E-state index contributed by atoms with van der Waals surface area (Å²) in [5, 5.41) is 9.86. The van der Waals surface area contributed by atoms with Gasteiger partial charge >= 0.3 is 0 Å². The Labute approximate surface area is 118 Å². The molecule has 20 heavy (non-hydrogen) atoms. The van der Waals surface area contributed by atoms with Gasteiger partial charge in [0, 0.05) is 19.0 Å². The first kappa shape index (κ1) is 14.0. The molecule has 1 aliphatic heterocycles. The van der Waals surface area contributed by atoms with Crippen LogP contribution in [0, 0.1) is 24.6 Å². The second-order valence-corrected chi connectivity index (χ2v) is 7.73. The van der Waals surface area contributed by atoms with E-state index in [0.717, 1.165) is 12.8 Å². The minimum Gasteiger partial charge on any atom is -0.393 e. The molecule has 3 atom stereocenters. The molecule has 3 rings (SSSR count). The van der Waals surface area contributed by atoms with Crippen LogP contribution < -0.4 is 0 Å². The number of fused-ring (bicyclic) bond motifs is 1. The average molecular weight is 299 g/mol. The van der Waals surface area contributed by atoms with Crippen molar-refractivity contribution in [1.82, 2.24) is 4.31 Å². The number of nitrogens with zero attached hydrogens (tertiary/aromatic N) is 1. The first-order valence-electron chi connectivity index (χ1n) is 6.84. The van der Waals surface area contributed by atoms with Crippen LogP contribution in [0.4, 0.5) is 4.39 Å². The van der Waals surface area contributed by atoms with Crippen molar-refractivity contribution in [3.05, 3.63) is 29.6 Å². The van der Waals surface area contributed by atoms with Crippen LogP contribution in [0.3, 0.4) is 0 Å². The van der Waals surface area contributed by atoms with Gasteiger partial charge in [0.05, 0.1) is 6.10 Å². The number of halogens is 1. The monoisotopic (exact) mass is 299 g/mol. The van der Waals surface area contributed by atoms with Crippen molar-refractivity contribution in [1.29, 1.82) is 0 Å². The molecule has 2 aliphatic rings. The number of aryl methyl sites for hydroxylation is 1. The Hall–Kier alpha value is -0.980. The first-order chi connectivity index (χ1) is 9.39. The Morgan fingerprint density at radius 3 is 2.75 bits per heavy atom. The number of benzene rings is 1. The molecule has 3 unspecified atom stereocenters. The fourth-order valence-electron chi connectivity index (χ4n) is 3.34. The van der Waals surface area contributed by atoms with E-state index in [1.165, 1.54) is 16.4 Å².